The maximum atomic E-state index is 11.6. The third kappa shape index (κ3) is 8.85. The van der Waals surface area contributed by atoms with Crippen LogP contribution in [-0.4, -0.2) is 56.0 Å². The number of nitrogens with zero attached hydrogens (tertiary/aromatic N) is 2. The monoisotopic (exact) mass is 565 g/mol. The van der Waals surface area contributed by atoms with Gasteiger partial charge >= 0.3 is 0 Å². The lowest BCUT2D eigenvalue weighted by atomic mass is 10.1. The molecule has 0 atom stereocenters. The fourth-order valence-corrected chi connectivity index (χ4v) is 3.66. The maximum Gasteiger partial charge on any atom is 0.233 e. The highest BCUT2D eigenvalue weighted by Gasteiger charge is 2.21. The third-order valence-corrected chi connectivity index (χ3v) is 5.55. The van der Waals surface area contributed by atoms with Crippen LogP contribution in [0, 0.1) is 6.92 Å². The first kappa shape index (κ1) is 26.9. The van der Waals surface area contributed by atoms with Crippen molar-refractivity contribution in [3.63, 3.8) is 0 Å². The van der Waals surface area contributed by atoms with Gasteiger partial charge in [0.2, 0.25) is 5.91 Å². The molecule has 2 aromatic rings. The van der Waals surface area contributed by atoms with E-state index in [4.69, 9.17) is 9.73 Å². The van der Waals surface area contributed by atoms with Gasteiger partial charge in [0, 0.05) is 38.3 Å². The number of aryl methyl sites for hydroxylation is 1. The lowest BCUT2D eigenvalue weighted by molar-refractivity contribution is -0.122. The Hall–Kier alpha value is -2.33. The summed E-state index contributed by atoms with van der Waals surface area (Å²) in [6, 6.07) is 16.4. The third-order valence-electron chi connectivity index (χ3n) is 5.55. The first-order valence-electron chi connectivity index (χ1n) is 11.4. The second-order valence-corrected chi connectivity index (χ2v) is 8.09. The average molecular weight is 566 g/mol. The number of halogens is 1. The van der Waals surface area contributed by atoms with Gasteiger partial charge in [-0.1, -0.05) is 35.9 Å². The van der Waals surface area contributed by atoms with Gasteiger partial charge in [0.05, 0.1) is 13.1 Å². The van der Waals surface area contributed by atoms with Gasteiger partial charge in [-0.05, 0) is 44.9 Å². The van der Waals surface area contributed by atoms with E-state index in [1.54, 1.807) is 7.05 Å². The molecule has 1 amide bonds. The van der Waals surface area contributed by atoms with Crippen molar-refractivity contribution in [3.8, 4) is 11.5 Å². The number of hydrogen-bond donors (Lipinski definition) is 3. The summed E-state index contributed by atoms with van der Waals surface area (Å²) >= 11 is 0. The van der Waals surface area contributed by atoms with E-state index in [2.05, 4.69) is 34.7 Å². The molecule has 2 aromatic carbocycles. The molecule has 1 aliphatic rings. The topological polar surface area (TPSA) is 78.0 Å². The number of piperidine rings is 1. The summed E-state index contributed by atoms with van der Waals surface area (Å²) in [5, 5.41) is 9.60. The fraction of sp³-hybridized carbons (Fsp3) is 0.440. The molecule has 0 bridgehead atoms. The van der Waals surface area contributed by atoms with Crippen molar-refractivity contribution in [2.45, 2.75) is 39.3 Å². The zero-order valence-electron chi connectivity index (χ0n) is 19.8. The number of carbonyl (C=O) groups is 1. The van der Waals surface area contributed by atoms with Crippen molar-refractivity contribution in [1.82, 2.24) is 20.9 Å². The summed E-state index contributed by atoms with van der Waals surface area (Å²) in [5.74, 6) is 2.51. The van der Waals surface area contributed by atoms with E-state index in [1.807, 2.05) is 48.5 Å². The second-order valence-electron chi connectivity index (χ2n) is 8.09. The molecule has 1 saturated heterocycles. The Bertz CT molecular complexity index is 896. The van der Waals surface area contributed by atoms with E-state index < -0.39 is 0 Å². The standard InChI is InChI=1S/C25H35N5O2.HI/c1-4-27-25(29-21-13-15-30(16-14-21)18-24(31)26-3)28-17-20-7-5-6-8-23(20)32-22-11-9-19(2)10-12-22;/h5-12,21H,4,13-18H2,1-3H3,(H,26,31)(H2,27,28,29);1H. The molecule has 0 saturated carbocycles. The van der Waals surface area contributed by atoms with Gasteiger partial charge in [-0.15, -0.1) is 24.0 Å². The van der Waals surface area contributed by atoms with Gasteiger partial charge in [0.1, 0.15) is 11.5 Å². The lowest BCUT2D eigenvalue weighted by Gasteiger charge is -2.32. The predicted molar refractivity (Wildman–Crippen MR) is 145 cm³/mol. The van der Waals surface area contributed by atoms with Crippen molar-refractivity contribution >= 4 is 35.8 Å². The minimum absolute atomic E-state index is 0. The maximum absolute atomic E-state index is 11.6. The molecule has 0 spiro atoms. The zero-order valence-corrected chi connectivity index (χ0v) is 22.1. The Labute approximate surface area is 214 Å². The van der Waals surface area contributed by atoms with Gasteiger partial charge in [-0.2, -0.15) is 0 Å². The summed E-state index contributed by atoms with van der Waals surface area (Å²) in [5.41, 5.74) is 2.24. The number of likely N-dealkylation sites (tertiary alicyclic amines) is 1. The number of hydrogen-bond acceptors (Lipinski definition) is 4. The van der Waals surface area contributed by atoms with Crippen molar-refractivity contribution in [2.75, 3.05) is 33.2 Å². The van der Waals surface area contributed by atoms with Crippen molar-refractivity contribution in [1.29, 1.82) is 0 Å². The number of ether oxygens (including phenoxy) is 1. The minimum Gasteiger partial charge on any atom is -0.457 e. The van der Waals surface area contributed by atoms with Crippen LogP contribution in [0.1, 0.15) is 30.9 Å². The van der Waals surface area contributed by atoms with Crippen molar-refractivity contribution < 1.29 is 9.53 Å². The highest BCUT2D eigenvalue weighted by atomic mass is 127. The van der Waals surface area contributed by atoms with Crippen molar-refractivity contribution in [3.05, 3.63) is 59.7 Å². The Morgan fingerprint density at radius 1 is 1.12 bits per heavy atom. The molecule has 1 fully saturated rings. The molecule has 3 rings (SSSR count). The summed E-state index contributed by atoms with van der Waals surface area (Å²) in [6.07, 6.45) is 1.96. The predicted octanol–water partition coefficient (Wildman–Crippen LogP) is 3.67. The van der Waals surface area contributed by atoms with Crippen LogP contribution in [-0.2, 0) is 11.3 Å². The summed E-state index contributed by atoms with van der Waals surface area (Å²) in [7, 11) is 1.68. The molecule has 1 heterocycles. The van der Waals surface area contributed by atoms with Crippen LogP contribution in [0.5, 0.6) is 11.5 Å². The molecule has 8 heteroatoms. The molecule has 0 aromatic heterocycles. The van der Waals surface area contributed by atoms with Gasteiger partial charge < -0.3 is 20.7 Å². The minimum atomic E-state index is 0. The second kappa shape index (κ2) is 14.0. The molecular weight excluding hydrogens is 529 g/mol. The summed E-state index contributed by atoms with van der Waals surface area (Å²) in [6.45, 7) is 7.71. The smallest absolute Gasteiger partial charge is 0.233 e. The van der Waals surface area contributed by atoms with Crippen LogP contribution in [0.15, 0.2) is 53.5 Å². The van der Waals surface area contributed by atoms with Gasteiger partial charge in [0.25, 0.3) is 0 Å². The number of aliphatic imine (C=N–C) groups is 1. The van der Waals surface area contributed by atoms with E-state index in [0.29, 0.717) is 19.1 Å². The number of likely N-dealkylation sites (N-methyl/N-ethyl adjacent to an activating group) is 1. The van der Waals surface area contributed by atoms with Crippen LogP contribution >= 0.6 is 24.0 Å². The molecule has 180 valence electrons. The Morgan fingerprint density at radius 3 is 2.48 bits per heavy atom. The Balaban J connectivity index is 0.00000385. The SMILES string of the molecule is CCNC(=NCc1ccccc1Oc1ccc(C)cc1)NC1CCN(CC(=O)NC)CC1.I. The lowest BCUT2D eigenvalue weighted by Crippen LogP contribution is -2.50. The molecule has 1 aliphatic heterocycles. The molecule has 0 aliphatic carbocycles. The summed E-state index contributed by atoms with van der Waals surface area (Å²) in [4.78, 5) is 18.6. The Kier molecular flexibility index (Phi) is 11.5. The van der Waals surface area contributed by atoms with E-state index in [-0.39, 0.29) is 29.9 Å². The van der Waals surface area contributed by atoms with Crippen LogP contribution < -0.4 is 20.7 Å². The highest BCUT2D eigenvalue weighted by molar-refractivity contribution is 14.0. The number of benzene rings is 2. The highest BCUT2D eigenvalue weighted by Crippen LogP contribution is 2.26. The number of nitrogens with one attached hydrogen (secondary N) is 3. The quantitative estimate of drug-likeness (QED) is 0.259. The number of amides is 1. The normalized spacial score (nSPS) is 14.8. The van der Waals surface area contributed by atoms with Gasteiger partial charge in [-0.25, -0.2) is 4.99 Å². The van der Waals surface area contributed by atoms with E-state index >= 15 is 0 Å². The molecule has 0 radical (unpaired) electrons. The van der Waals surface area contributed by atoms with Crippen LogP contribution in [0.25, 0.3) is 0 Å². The first-order chi connectivity index (χ1) is 15.6. The molecule has 0 unspecified atom stereocenters. The molecule has 7 nitrogen and oxygen atoms in total. The Morgan fingerprint density at radius 2 is 1.82 bits per heavy atom. The first-order valence-corrected chi connectivity index (χ1v) is 11.4. The van der Waals surface area contributed by atoms with Crippen LogP contribution in [0.2, 0.25) is 0 Å². The van der Waals surface area contributed by atoms with Crippen molar-refractivity contribution in [2.24, 2.45) is 4.99 Å². The van der Waals surface area contributed by atoms with Gasteiger partial charge in [-0.3, -0.25) is 9.69 Å². The van der Waals surface area contributed by atoms with Gasteiger partial charge in [0.15, 0.2) is 5.96 Å². The molecule has 3 N–H and O–H groups in total. The molecular formula is C25H36IN5O2. The van der Waals surface area contributed by atoms with Crippen LogP contribution in [0.3, 0.4) is 0 Å². The number of para-hydroxylation sites is 1. The zero-order chi connectivity index (χ0) is 22.8. The van der Waals surface area contributed by atoms with E-state index in [9.17, 15) is 4.79 Å². The number of rotatable bonds is 8. The van der Waals surface area contributed by atoms with E-state index in [1.165, 1.54) is 5.56 Å². The van der Waals surface area contributed by atoms with E-state index in [0.717, 1.165) is 55.5 Å². The fourth-order valence-electron chi connectivity index (χ4n) is 3.66. The summed E-state index contributed by atoms with van der Waals surface area (Å²) < 4.78 is 6.11. The average Bonchev–Trinajstić information content (AvgIpc) is 2.81. The van der Waals surface area contributed by atoms with Crippen LogP contribution in [0.4, 0.5) is 0 Å². The number of guanidine groups is 1. The number of carbonyl (C=O) groups excluding carboxylic acids is 1. The molecule has 33 heavy (non-hydrogen) atoms. The largest absolute Gasteiger partial charge is 0.457 e.